The van der Waals surface area contributed by atoms with Crippen molar-refractivity contribution in [1.82, 2.24) is 0 Å². The first-order chi connectivity index (χ1) is 5.07. The highest BCUT2D eigenvalue weighted by Crippen LogP contribution is 2.05. The molecule has 0 saturated heterocycles. The van der Waals surface area contributed by atoms with Gasteiger partial charge in [-0.3, -0.25) is 0 Å². The number of aliphatic hydroxyl groups is 1. The average molecular weight is 152 g/mol. The fourth-order valence-electron chi connectivity index (χ4n) is 0.655. The Kier molecular flexibility index (Phi) is 4.65. The maximum atomic E-state index is 9.15. The van der Waals surface area contributed by atoms with Gasteiger partial charge < -0.3 is 5.11 Å². The zero-order chi connectivity index (χ0) is 8.85. The molecule has 62 valence electrons. The van der Waals surface area contributed by atoms with Crippen LogP contribution in [0.1, 0.15) is 20.8 Å². The molecule has 0 aliphatic carbocycles. The molecule has 0 bridgehead atoms. The molecule has 0 amide bonds. The molecule has 2 unspecified atom stereocenters. The van der Waals surface area contributed by atoms with E-state index in [1.807, 2.05) is 19.1 Å². The van der Waals surface area contributed by atoms with E-state index in [9.17, 15) is 0 Å². The van der Waals surface area contributed by atoms with Gasteiger partial charge in [0.25, 0.3) is 0 Å². The van der Waals surface area contributed by atoms with E-state index in [1.165, 1.54) is 0 Å². The van der Waals surface area contributed by atoms with Crippen molar-refractivity contribution in [3.8, 4) is 12.3 Å². The second-order valence-corrected chi connectivity index (χ2v) is 3.10. The van der Waals surface area contributed by atoms with Crippen LogP contribution >= 0.6 is 0 Å². The van der Waals surface area contributed by atoms with Crippen LogP contribution in [-0.2, 0) is 0 Å². The highest BCUT2D eigenvalue weighted by Gasteiger charge is 2.06. The van der Waals surface area contributed by atoms with Crippen LogP contribution in [0.4, 0.5) is 0 Å². The lowest BCUT2D eigenvalue weighted by Gasteiger charge is -2.08. The largest absolute Gasteiger partial charge is 0.380 e. The highest BCUT2D eigenvalue weighted by atomic mass is 16.3. The topological polar surface area (TPSA) is 20.2 Å². The molecule has 0 heterocycles. The minimum Gasteiger partial charge on any atom is -0.380 e. The van der Waals surface area contributed by atoms with Crippen LogP contribution in [0.25, 0.3) is 0 Å². The van der Waals surface area contributed by atoms with E-state index < -0.39 is 6.10 Å². The number of hydrogen-bond donors (Lipinski definition) is 1. The molecule has 0 aromatic carbocycles. The van der Waals surface area contributed by atoms with Crippen LogP contribution in [-0.4, -0.2) is 11.2 Å². The summed E-state index contributed by atoms with van der Waals surface area (Å²) >= 11 is 0. The summed E-state index contributed by atoms with van der Waals surface area (Å²) in [5, 5.41) is 9.15. The van der Waals surface area contributed by atoms with Gasteiger partial charge in [-0.2, -0.15) is 0 Å². The Bertz CT molecular complexity index is 162. The Morgan fingerprint density at radius 1 is 1.27 bits per heavy atom. The number of hydrogen-bond acceptors (Lipinski definition) is 1. The van der Waals surface area contributed by atoms with Crippen LogP contribution in [0.2, 0.25) is 0 Å². The number of aliphatic hydroxyl groups excluding tert-OH is 1. The summed E-state index contributed by atoms with van der Waals surface area (Å²) in [5.41, 5.74) is 0. The molecule has 0 aliphatic heterocycles. The van der Waals surface area contributed by atoms with Gasteiger partial charge in [-0.1, -0.05) is 38.8 Å². The first kappa shape index (κ1) is 10.3. The molecule has 1 N–H and O–H groups in total. The van der Waals surface area contributed by atoms with E-state index in [4.69, 9.17) is 11.5 Å². The van der Waals surface area contributed by atoms with Gasteiger partial charge >= 0.3 is 0 Å². The zero-order valence-electron chi connectivity index (χ0n) is 7.41. The summed E-state index contributed by atoms with van der Waals surface area (Å²) in [6.45, 7) is 6.08. The van der Waals surface area contributed by atoms with Gasteiger partial charge in [0.15, 0.2) is 0 Å². The summed E-state index contributed by atoms with van der Waals surface area (Å²) in [6.07, 6.45) is 8.40. The van der Waals surface area contributed by atoms with Crippen molar-refractivity contribution in [3.63, 3.8) is 0 Å². The highest BCUT2D eigenvalue weighted by molar-refractivity contribution is 5.02. The monoisotopic (exact) mass is 152 g/mol. The average Bonchev–Trinajstić information content (AvgIpc) is 1.98. The van der Waals surface area contributed by atoms with Crippen molar-refractivity contribution in [2.75, 3.05) is 0 Å². The van der Waals surface area contributed by atoms with Crippen LogP contribution in [0.3, 0.4) is 0 Å². The molecule has 0 fully saturated rings. The Morgan fingerprint density at radius 3 is 2.18 bits per heavy atom. The van der Waals surface area contributed by atoms with E-state index in [2.05, 4.69) is 19.8 Å². The normalized spacial score (nSPS) is 16.7. The van der Waals surface area contributed by atoms with Gasteiger partial charge in [0, 0.05) is 5.92 Å². The summed E-state index contributed by atoms with van der Waals surface area (Å²) in [4.78, 5) is 0. The summed E-state index contributed by atoms with van der Waals surface area (Å²) in [6, 6.07) is 0. The lowest BCUT2D eigenvalue weighted by atomic mass is 10.0. The van der Waals surface area contributed by atoms with Gasteiger partial charge in [-0.15, -0.1) is 6.42 Å². The molecule has 1 heteroatoms. The van der Waals surface area contributed by atoms with Gasteiger partial charge in [-0.25, -0.2) is 0 Å². The van der Waals surface area contributed by atoms with Crippen molar-refractivity contribution in [3.05, 3.63) is 12.2 Å². The van der Waals surface area contributed by atoms with E-state index >= 15 is 0 Å². The van der Waals surface area contributed by atoms with Crippen LogP contribution in [0, 0.1) is 24.2 Å². The van der Waals surface area contributed by atoms with E-state index in [0.717, 1.165) is 0 Å². The van der Waals surface area contributed by atoms with E-state index in [-0.39, 0.29) is 5.92 Å². The smallest absolute Gasteiger partial charge is 0.120 e. The minimum absolute atomic E-state index is 0.0578. The van der Waals surface area contributed by atoms with Crippen LogP contribution in [0.15, 0.2) is 12.2 Å². The predicted octanol–water partition coefficient (Wildman–Crippen LogP) is 1.83. The lowest BCUT2D eigenvalue weighted by molar-refractivity contribution is 0.194. The van der Waals surface area contributed by atoms with Crippen LogP contribution in [0.5, 0.6) is 0 Å². The van der Waals surface area contributed by atoms with E-state index in [0.29, 0.717) is 5.92 Å². The second kappa shape index (κ2) is 4.98. The fourth-order valence-corrected chi connectivity index (χ4v) is 0.655. The molecule has 0 rings (SSSR count). The van der Waals surface area contributed by atoms with Crippen molar-refractivity contribution in [2.24, 2.45) is 11.8 Å². The second-order valence-electron chi connectivity index (χ2n) is 3.10. The fraction of sp³-hybridized carbons (Fsp3) is 0.600. The van der Waals surface area contributed by atoms with Crippen LogP contribution < -0.4 is 0 Å². The maximum Gasteiger partial charge on any atom is 0.120 e. The van der Waals surface area contributed by atoms with Gasteiger partial charge in [-0.05, 0) is 5.92 Å². The molecule has 0 aromatic rings. The standard InChI is InChI=1S/C10H16O/c1-5-10(11)9(4)7-6-8(2)3/h1,6-11H,2-4H3. The number of terminal acetylenes is 1. The molecular formula is C10H16O. The van der Waals surface area contributed by atoms with Crippen molar-refractivity contribution >= 4 is 0 Å². The molecule has 0 aliphatic rings. The Hall–Kier alpha value is -0.740. The molecule has 0 spiro atoms. The lowest BCUT2D eigenvalue weighted by Crippen LogP contribution is -2.12. The quantitative estimate of drug-likeness (QED) is 0.483. The Morgan fingerprint density at radius 2 is 1.82 bits per heavy atom. The van der Waals surface area contributed by atoms with Gasteiger partial charge in [0.1, 0.15) is 6.10 Å². The maximum absolute atomic E-state index is 9.15. The van der Waals surface area contributed by atoms with Gasteiger partial charge in [0.2, 0.25) is 0 Å². The summed E-state index contributed by atoms with van der Waals surface area (Å²) in [5.74, 6) is 2.87. The number of allylic oxidation sites excluding steroid dienone is 1. The van der Waals surface area contributed by atoms with Crippen molar-refractivity contribution in [1.29, 1.82) is 0 Å². The summed E-state index contributed by atoms with van der Waals surface area (Å²) in [7, 11) is 0. The first-order valence-corrected chi connectivity index (χ1v) is 3.90. The van der Waals surface area contributed by atoms with Gasteiger partial charge in [0.05, 0.1) is 0 Å². The first-order valence-electron chi connectivity index (χ1n) is 3.90. The molecule has 0 saturated carbocycles. The predicted molar refractivity (Wildman–Crippen MR) is 48.0 cm³/mol. The number of rotatable bonds is 3. The minimum atomic E-state index is -0.648. The Labute approximate surface area is 69.1 Å². The third-order valence-electron chi connectivity index (χ3n) is 1.47. The van der Waals surface area contributed by atoms with Crippen molar-refractivity contribution < 1.29 is 5.11 Å². The molecular weight excluding hydrogens is 136 g/mol. The molecule has 11 heavy (non-hydrogen) atoms. The third kappa shape index (κ3) is 4.64. The summed E-state index contributed by atoms with van der Waals surface area (Å²) < 4.78 is 0. The third-order valence-corrected chi connectivity index (χ3v) is 1.47. The van der Waals surface area contributed by atoms with E-state index in [1.54, 1.807) is 0 Å². The SMILES string of the molecule is C#CC(O)C(C)C=CC(C)C. The molecule has 1 nitrogen and oxygen atoms in total. The molecule has 2 atom stereocenters. The molecule has 0 radical (unpaired) electrons. The van der Waals surface area contributed by atoms with Crippen molar-refractivity contribution in [2.45, 2.75) is 26.9 Å². The Balaban J connectivity index is 3.88. The zero-order valence-corrected chi connectivity index (χ0v) is 7.41. The molecule has 0 aromatic heterocycles.